The smallest absolute Gasteiger partial charge is 0.261 e. The summed E-state index contributed by atoms with van der Waals surface area (Å²) in [7, 11) is -3.60. The molecule has 0 bridgehead atoms. The van der Waals surface area contributed by atoms with Gasteiger partial charge in [0, 0.05) is 30.9 Å². The van der Waals surface area contributed by atoms with Crippen LogP contribution in [0.25, 0.3) is 0 Å². The number of nitrogens with one attached hydrogen (secondary N) is 1. The topological polar surface area (TPSA) is 58.6 Å². The lowest BCUT2D eigenvalue weighted by molar-refractivity contribution is 0.356. The Balaban J connectivity index is 1.48. The molecule has 0 saturated carbocycles. The van der Waals surface area contributed by atoms with E-state index in [1.165, 1.54) is 12.8 Å². The molecule has 0 aromatic heterocycles. The largest absolute Gasteiger partial charge is 0.493 e. The van der Waals surface area contributed by atoms with E-state index in [9.17, 15) is 8.42 Å². The molecule has 2 aromatic rings. The second-order valence-electron chi connectivity index (χ2n) is 7.19. The van der Waals surface area contributed by atoms with Crippen LogP contribution in [0.4, 0.5) is 11.4 Å². The molecule has 0 spiro atoms. The highest BCUT2D eigenvalue weighted by Gasteiger charge is 2.20. The molecule has 26 heavy (non-hydrogen) atoms. The Bertz CT molecular complexity index is 886. The Morgan fingerprint density at radius 3 is 2.54 bits per heavy atom. The number of nitrogens with zero attached hydrogens (tertiary/aromatic N) is 1. The van der Waals surface area contributed by atoms with E-state index in [1.54, 1.807) is 18.2 Å². The zero-order valence-corrected chi connectivity index (χ0v) is 15.8. The fourth-order valence-corrected chi connectivity index (χ4v) is 4.66. The molecule has 2 aromatic carbocycles. The lowest BCUT2D eigenvalue weighted by Gasteiger charge is -2.32. The van der Waals surface area contributed by atoms with E-state index in [0.717, 1.165) is 42.4 Å². The molecule has 1 saturated heterocycles. The standard InChI is InChI=1S/C20H24N2O3S/c1-15-8-11-22(12-9-15)18-4-2-17(3-5-18)21-26(23,24)19-6-7-20-16(14-19)10-13-25-20/h2-7,14-15,21H,8-13H2,1H3. The Morgan fingerprint density at radius 1 is 1.08 bits per heavy atom. The summed E-state index contributed by atoms with van der Waals surface area (Å²) < 4.78 is 33.4. The lowest BCUT2D eigenvalue weighted by Crippen LogP contribution is -2.32. The van der Waals surface area contributed by atoms with Crippen LogP contribution in [0.1, 0.15) is 25.3 Å². The minimum atomic E-state index is -3.60. The van der Waals surface area contributed by atoms with E-state index < -0.39 is 10.0 Å². The fourth-order valence-electron chi connectivity index (χ4n) is 3.55. The van der Waals surface area contributed by atoms with Gasteiger partial charge in [-0.2, -0.15) is 0 Å². The van der Waals surface area contributed by atoms with Gasteiger partial charge >= 0.3 is 0 Å². The van der Waals surface area contributed by atoms with Crippen molar-refractivity contribution in [2.75, 3.05) is 29.3 Å². The number of hydrogen-bond acceptors (Lipinski definition) is 4. The van der Waals surface area contributed by atoms with Crippen LogP contribution in [-0.2, 0) is 16.4 Å². The molecule has 5 nitrogen and oxygen atoms in total. The van der Waals surface area contributed by atoms with E-state index in [-0.39, 0.29) is 4.90 Å². The molecule has 6 heteroatoms. The molecule has 4 rings (SSSR count). The van der Waals surface area contributed by atoms with Crippen molar-refractivity contribution in [3.63, 3.8) is 0 Å². The molecule has 0 radical (unpaired) electrons. The number of piperidine rings is 1. The molecule has 1 N–H and O–H groups in total. The van der Waals surface area contributed by atoms with Crippen molar-refractivity contribution < 1.29 is 13.2 Å². The zero-order chi connectivity index (χ0) is 18.1. The molecule has 138 valence electrons. The number of ether oxygens (including phenoxy) is 1. The molecular formula is C20H24N2O3S. The minimum Gasteiger partial charge on any atom is -0.493 e. The summed E-state index contributed by atoms with van der Waals surface area (Å²) in [6.07, 6.45) is 3.16. The van der Waals surface area contributed by atoms with Crippen LogP contribution < -0.4 is 14.4 Å². The van der Waals surface area contributed by atoms with Crippen molar-refractivity contribution in [2.24, 2.45) is 5.92 Å². The van der Waals surface area contributed by atoms with Crippen molar-refractivity contribution in [1.29, 1.82) is 0 Å². The maximum Gasteiger partial charge on any atom is 0.261 e. The summed E-state index contributed by atoms with van der Waals surface area (Å²) in [4.78, 5) is 2.63. The van der Waals surface area contributed by atoms with E-state index in [1.807, 2.05) is 24.3 Å². The van der Waals surface area contributed by atoms with Gasteiger partial charge in [-0.05, 0) is 66.8 Å². The number of hydrogen-bond donors (Lipinski definition) is 1. The monoisotopic (exact) mass is 372 g/mol. The molecule has 0 amide bonds. The fraction of sp³-hybridized carbons (Fsp3) is 0.400. The average Bonchev–Trinajstić information content (AvgIpc) is 3.11. The van der Waals surface area contributed by atoms with Crippen LogP contribution in [0.3, 0.4) is 0 Å². The molecule has 0 unspecified atom stereocenters. The minimum absolute atomic E-state index is 0.274. The quantitative estimate of drug-likeness (QED) is 0.890. The van der Waals surface area contributed by atoms with Gasteiger partial charge < -0.3 is 9.64 Å². The first-order chi connectivity index (χ1) is 12.5. The predicted molar refractivity (Wildman–Crippen MR) is 104 cm³/mol. The number of fused-ring (bicyclic) bond motifs is 1. The third-order valence-corrected chi connectivity index (χ3v) is 6.62. The van der Waals surface area contributed by atoms with E-state index >= 15 is 0 Å². The van der Waals surface area contributed by atoms with Crippen molar-refractivity contribution in [2.45, 2.75) is 31.1 Å². The third kappa shape index (κ3) is 3.51. The van der Waals surface area contributed by atoms with Crippen LogP contribution in [0, 0.1) is 5.92 Å². The molecule has 2 heterocycles. The molecular weight excluding hydrogens is 348 g/mol. The van der Waals surface area contributed by atoms with Gasteiger partial charge in [-0.3, -0.25) is 4.72 Å². The highest BCUT2D eigenvalue weighted by molar-refractivity contribution is 7.92. The van der Waals surface area contributed by atoms with Gasteiger partial charge in [0.1, 0.15) is 5.75 Å². The van der Waals surface area contributed by atoms with Gasteiger partial charge in [-0.25, -0.2) is 8.42 Å². The van der Waals surface area contributed by atoms with Crippen LogP contribution >= 0.6 is 0 Å². The number of sulfonamides is 1. The molecule has 0 aliphatic carbocycles. The summed E-state index contributed by atoms with van der Waals surface area (Å²) in [5, 5.41) is 0. The Hall–Kier alpha value is -2.21. The van der Waals surface area contributed by atoms with Crippen molar-refractivity contribution >= 4 is 21.4 Å². The SMILES string of the molecule is CC1CCN(c2ccc(NS(=O)(=O)c3ccc4c(c3)CCO4)cc2)CC1. The van der Waals surface area contributed by atoms with Gasteiger partial charge in [0.25, 0.3) is 10.0 Å². The highest BCUT2D eigenvalue weighted by Crippen LogP contribution is 2.29. The van der Waals surface area contributed by atoms with Gasteiger partial charge in [-0.1, -0.05) is 6.92 Å². The van der Waals surface area contributed by atoms with Crippen molar-refractivity contribution in [1.82, 2.24) is 0 Å². The number of anilines is 2. The summed E-state index contributed by atoms with van der Waals surface area (Å²) in [6, 6.07) is 12.7. The average molecular weight is 372 g/mol. The molecule has 1 fully saturated rings. The van der Waals surface area contributed by atoms with Crippen LogP contribution in [0.5, 0.6) is 5.75 Å². The van der Waals surface area contributed by atoms with Gasteiger partial charge in [0.15, 0.2) is 0 Å². The maximum atomic E-state index is 12.7. The molecule has 0 atom stereocenters. The zero-order valence-electron chi connectivity index (χ0n) is 14.9. The first-order valence-electron chi connectivity index (χ1n) is 9.15. The van der Waals surface area contributed by atoms with Crippen LogP contribution in [0.2, 0.25) is 0 Å². The summed E-state index contributed by atoms with van der Waals surface area (Å²) in [5.41, 5.74) is 2.67. The second kappa shape index (κ2) is 6.83. The first kappa shape index (κ1) is 17.2. The maximum absolute atomic E-state index is 12.7. The summed E-state index contributed by atoms with van der Waals surface area (Å²) in [5.74, 6) is 1.57. The summed E-state index contributed by atoms with van der Waals surface area (Å²) in [6.45, 7) is 5.02. The van der Waals surface area contributed by atoms with Crippen molar-refractivity contribution in [3.8, 4) is 5.75 Å². The van der Waals surface area contributed by atoms with E-state index in [0.29, 0.717) is 12.3 Å². The van der Waals surface area contributed by atoms with Gasteiger partial charge in [0.05, 0.1) is 11.5 Å². The van der Waals surface area contributed by atoms with Gasteiger partial charge in [-0.15, -0.1) is 0 Å². The normalized spacial score (nSPS) is 17.7. The summed E-state index contributed by atoms with van der Waals surface area (Å²) >= 11 is 0. The Labute approximate surface area is 155 Å². The third-order valence-electron chi connectivity index (χ3n) is 5.24. The Morgan fingerprint density at radius 2 is 1.81 bits per heavy atom. The first-order valence-corrected chi connectivity index (χ1v) is 10.6. The Kier molecular flexibility index (Phi) is 4.53. The molecule has 2 aliphatic rings. The van der Waals surface area contributed by atoms with Crippen LogP contribution in [-0.4, -0.2) is 28.1 Å². The van der Waals surface area contributed by atoms with E-state index in [4.69, 9.17) is 4.74 Å². The highest BCUT2D eigenvalue weighted by atomic mass is 32.2. The van der Waals surface area contributed by atoms with E-state index in [2.05, 4.69) is 16.5 Å². The lowest BCUT2D eigenvalue weighted by atomic mass is 9.99. The van der Waals surface area contributed by atoms with Gasteiger partial charge in [0.2, 0.25) is 0 Å². The second-order valence-corrected chi connectivity index (χ2v) is 8.87. The van der Waals surface area contributed by atoms with Crippen molar-refractivity contribution in [3.05, 3.63) is 48.0 Å². The number of rotatable bonds is 4. The van der Waals surface area contributed by atoms with Crippen LogP contribution in [0.15, 0.2) is 47.4 Å². The molecule has 2 aliphatic heterocycles. The predicted octanol–water partition coefficient (Wildman–Crippen LogP) is 3.66. The number of benzene rings is 2.